The van der Waals surface area contributed by atoms with E-state index in [0.717, 1.165) is 11.7 Å². The number of halogens is 1. The molecule has 0 radical (unpaired) electrons. The number of hydrogen-bond acceptors (Lipinski definition) is 4. The number of nitrogens with zero attached hydrogens (tertiary/aromatic N) is 2. The van der Waals surface area contributed by atoms with Crippen molar-refractivity contribution in [1.82, 2.24) is 9.97 Å². The zero-order valence-electron chi connectivity index (χ0n) is 9.63. The minimum atomic E-state index is 0.539. The average molecular weight is 241 g/mol. The maximum absolute atomic E-state index is 6.03. The van der Waals surface area contributed by atoms with E-state index < -0.39 is 0 Å². The summed E-state index contributed by atoms with van der Waals surface area (Å²) < 4.78 is 0. The minimum Gasteiger partial charge on any atom is -0.366 e. The molecule has 2 unspecified atom stereocenters. The quantitative estimate of drug-likeness (QED) is 0.831. The van der Waals surface area contributed by atoms with Gasteiger partial charge in [-0.3, -0.25) is 0 Å². The maximum Gasteiger partial charge on any atom is 0.224 e. The second kappa shape index (κ2) is 4.87. The molecule has 1 saturated carbocycles. The molecule has 4 nitrogen and oxygen atoms in total. The van der Waals surface area contributed by atoms with Gasteiger partial charge in [0.2, 0.25) is 5.95 Å². The molecule has 2 N–H and O–H groups in total. The van der Waals surface area contributed by atoms with Gasteiger partial charge in [0.15, 0.2) is 5.82 Å². The van der Waals surface area contributed by atoms with Gasteiger partial charge < -0.3 is 10.6 Å². The van der Waals surface area contributed by atoms with Gasteiger partial charge >= 0.3 is 0 Å². The molecule has 1 aromatic heterocycles. The largest absolute Gasteiger partial charge is 0.366 e. The summed E-state index contributed by atoms with van der Waals surface area (Å²) in [6, 6.07) is 0.539. The standard InChI is InChI=1S/C11H17ClN4/c1-3-4-7-5-9(7)15-10-8(12)6-14-11(13-2)16-10/h6-7,9H,3-5H2,1-2H3,(H2,13,14,15,16). The van der Waals surface area contributed by atoms with Crippen molar-refractivity contribution in [3.63, 3.8) is 0 Å². The van der Waals surface area contributed by atoms with Crippen LogP contribution in [0, 0.1) is 5.92 Å². The van der Waals surface area contributed by atoms with Crippen LogP contribution in [0.15, 0.2) is 6.20 Å². The lowest BCUT2D eigenvalue weighted by Gasteiger charge is -2.08. The summed E-state index contributed by atoms with van der Waals surface area (Å²) in [5.41, 5.74) is 0. The summed E-state index contributed by atoms with van der Waals surface area (Å²) in [5.74, 6) is 2.12. The normalized spacial score (nSPS) is 22.9. The first-order chi connectivity index (χ1) is 7.74. The van der Waals surface area contributed by atoms with Crippen molar-refractivity contribution < 1.29 is 0 Å². The Morgan fingerprint density at radius 2 is 2.38 bits per heavy atom. The molecule has 1 heterocycles. The molecule has 5 heteroatoms. The molecule has 1 fully saturated rings. The number of anilines is 2. The molecule has 2 rings (SSSR count). The zero-order chi connectivity index (χ0) is 11.5. The molecule has 1 aromatic rings. The van der Waals surface area contributed by atoms with Gasteiger partial charge in [0.25, 0.3) is 0 Å². The average Bonchev–Trinajstić information content (AvgIpc) is 3.00. The number of nitrogens with one attached hydrogen (secondary N) is 2. The molecule has 0 spiro atoms. The fourth-order valence-electron chi connectivity index (χ4n) is 1.88. The highest BCUT2D eigenvalue weighted by Crippen LogP contribution is 2.38. The molecule has 1 aliphatic carbocycles. The van der Waals surface area contributed by atoms with Crippen molar-refractivity contribution in [2.24, 2.45) is 5.92 Å². The van der Waals surface area contributed by atoms with Gasteiger partial charge in [-0.15, -0.1) is 0 Å². The van der Waals surface area contributed by atoms with E-state index in [0.29, 0.717) is 17.0 Å². The first-order valence-corrected chi connectivity index (χ1v) is 6.09. The van der Waals surface area contributed by atoms with Gasteiger partial charge in [0.05, 0.1) is 6.20 Å². The molecule has 2 atom stereocenters. The van der Waals surface area contributed by atoms with E-state index in [1.165, 1.54) is 19.3 Å². The fraction of sp³-hybridized carbons (Fsp3) is 0.636. The summed E-state index contributed by atoms with van der Waals surface area (Å²) in [7, 11) is 1.80. The molecule has 0 aliphatic heterocycles. The monoisotopic (exact) mass is 240 g/mol. The summed E-state index contributed by atoms with van der Waals surface area (Å²) in [4.78, 5) is 8.35. The summed E-state index contributed by atoms with van der Waals surface area (Å²) in [6.45, 7) is 2.21. The van der Waals surface area contributed by atoms with Crippen molar-refractivity contribution in [2.75, 3.05) is 17.7 Å². The van der Waals surface area contributed by atoms with Crippen LogP contribution in [-0.2, 0) is 0 Å². The lowest BCUT2D eigenvalue weighted by Crippen LogP contribution is -2.08. The lowest BCUT2D eigenvalue weighted by atomic mass is 10.2. The first-order valence-electron chi connectivity index (χ1n) is 5.71. The van der Waals surface area contributed by atoms with Crippen molar-refractivity contribution in [2.45, 2.75) is 32.2 Å². The van der Waals surface area contributed by atoms with Gasteiger partial charge in [-0.05, 0) is 18.8 Å². The summed E-state index contributed by atoms with van der Waals surface area (Å²) >= 11 is 6.03. The van der Waals surface area contributed by atoms with E-state index in [9.17, 15) is 0 Å². The van der Waals surface area contributed by atoms with Crippen LogP contribution < -0.4 is 10.6 Å². The fourth-order valence-corrected chi connectivity index (χ4v) is 2.02. The number of rotatable bonds is 5. The van der Waals surface area contributed by atoms with E-state index >= 15 is 0 Å². The Morgan fingerprint density at radius 3 is 3.06 bits per heavy atom. The smallest absolute Gasteiger partial charge is 0.224 e. The highest BCUT2D eigenvalue weighted by molar-refractivity contribution is 6.32. The van der Waals surface area contributed by atoms with Crippen molar-refractivity contribution in [3.05, 3.63) is 11.2 Å². The predicted molar refractivity (Wildman–Crippen MR) is 67.0 cm³/mol. The van der Waals surface area contributed by atoms with E-state index in [1.807, 2.05) is 0 Å². The maximum atomic E-state index is 6.03. The minimum absolute atomic E-state index is 0.539. The van der Waals surface area contributed by atoms with Crippen LogP contribution in [0.5, 0.6) is 0 Å². The van der Waals surface area contributed by atoms with Gasteiger partial charge in [-0.2, -0.15) is 4.98 Å². The van der Waals surface area contributed by atoms with Crippen LogP contribution in [0.3, 0.4) is 0 Å². The second-order valence-corrected chi connectivity index (χ2v) is 4.58. The first kappa shape index (κ1) is 11.5. The van der Waals surface area contributed by atoms with E-state index in [2.05, 4.69) is 27.5 Å². The predicted octanol–water partition coefficient (Wildman–Crippen LogP) is 2.77. The highest BCUT2D eigenvalue weighted by Gasteiger charge is 2.36. The Labute approximate surface area is 101 Å². The second-order valence-electron chi connectivity index (χ2n) is 4.18. The Kier molecular flexibility index (Phi) is 3.49. The van der Waals surface area contributed by atoms with E-state index in [4.69, 9.17) is 11.6 Å². The summed E-state index contributed by atoms with van der Waals surface area (Å²) in [5, 5.41) is 6.86. The van der Waals surface area contributed by atoms with Crippen LogP contribution in [0.2, 0.25) is 5.02 Å². The third kappa shape index (κ3) is 2.55. The molecule has 0 saturated heterocycles. The van der Waals surface area contributed by atoms with Crippen LogP contribution in [0.1, 0.15) is 26.2 Å². The Morgan fingerprint density at radius 1 is 1.56 bits per heavy atom. The van der Waals surface area contributed by atoms with Crippen molar-refractivity contribution in [1.29, 1.82) is 0 Å². The Balaban J connectivity index is 1.99. The molecule has 1 aliphatic rings. The van der Waals surface area contributed by atoms with Crippen molar-refractivity contribution in [3.8, 4) is 0 Å². The molecular weight excluding hydrogens is 224 g/mol. The van der Waals surface area contributed by atoms with Gasteiger partial charge in [-0.1, -0.05) is 24.9 Å². The van der Waals surface area contributed by atoms with Crippen LogP contribution in [0.25, 0.3) is 0 Å². The highest BCUT2D eigenvalue weighted by atomic mass is 35.5. The summed E-state index contributed by atoms with van der Waals surface area (Å²) in [6.07, 6.45) is 5.37. The molecular formula is C11H17ClN4. The van der Waals surface area contributed by atoms with E-state index in [1.54, 1.807) is 13.2 Å². The SMILES string of the molecule is CCCC1CC1Nc1nc(NC)ncc1Cl. The van der Waals surface area contributed by atoms with Gasteiger partial charge in [0, 0.05) is 13.1 Å². The zero-order valence-corrected chi connectivity index (χ0v) is 10.4. The van der Waals surface area contributed by atoms with Gasteiger partial charge in [0.1, 0.15) is 5.02 Å². The molecule has 0 aromatic carbocycles. The van der Waals surface area contributed by atoms with E-state index in [-0.39, 0.29) is 0 Å². The topological polar surface area (TPSA) is 49.8 Å². The van der Waals surface area contributed by atoms with Crippen LogP contribution in [0.4, 0.5) is 11.8 Å². The van der Waals surface area contributed by atoms with Crippen LogP contribution in [-0.4, -0.2) is 23.1 Å². The molecule has 88 valence electrons. The Bertz CT molecular complexity index is 369. The third-order valence-corrected chi connectivity index (χ3v) is 3.15. The third-order valence-electron chi connectivity index (χ3n) is 2.87. The molecule has 0 amide bonds. The van der Waals surface area contributed by atoms with Gasteiger partial charge in [-0.25, -0.2) is 4.98 Å². The van der Waals surface area contributed by atoms with Crippen molar-refractivity contribution >= 4 is 23.4 Å². The molecule has 16 heavy (non-hydrogen) atoms. The number of aromatic nitrogens is 2. The lowest BCUT2D eigenvalue weighted by molar-refractivity contribution is 0.692. The van der Waals surface area contributed by atoms with Crippen LogP contribution >= 0.6 is 11.6 Å². The number of hydrogen-bond donors (Lipinski definition) is 2. The molecule has 0 bridgehead atoms. The Hall–Kier alpha value is -1.03.